The zero-order valence-electron chi connectivity index (χ0n) is 9.13. The second-order valence-corrected chi connectivity index (χ2v) is 3.20. The van der Waals surface area contributed by atoms with Crippen LogP contribution in [0, 0.1) is 5.82 Å². The number of benzene rings is 1. The summed E-state index contributed by atoms with van der Waals surface area (Å²) >= 11 is 0. The van der Waals surface area contributed by atoms with Crippen molar-refractivity contribution in [2.45, 2.75) is 20.0 Å². The highest BCUT2D eigenvalue weighted by molar-refractivity contribution is 5.67. The second-order valence-electron chi connectivity index (χ2n) is 3.20. The lowest BCUT2D eigenvalue weighted by molar-refractivity contribution is 0.151. The molecule has 1 amide bonds. The Kier molecular flexibility index (Phi) is 4.72. The molecule has 4 nitrogen and oxygen atoms in total. The average molecular weight is 226 g/mol. The second kappa shape index (κ2) is 6.07. The van der Waals surface area contributed by atoms with Crippen molar-refractivity contribution in [2.24, 2.45) is 5.73 Å². The van der Waals surface area contributed by atoms with Crippen LogP contribution in [0.4, 0.5) is 9.18 Å². The summed E-state index contributed by atoms with van der Waals surface area (Å²) in [6.45, 7) is 2.40. The van der Waals surface area contributed by atoms with Crippen LogP contribution >= 0.6 is 0 Å². The SMILES string of the molecule is CCOC(=O)NCc1ccc(CN)cc1F. The first-order valence-corrected chi connectivity index (χ1v) is 5.05. The average Bonchev–Trinajstić information content (AvgIpc) is 2.27. The number of alkyl carbamates (subject to hydrolysis) is 1. The van der Waals surface area contributed by atoms with Gasteiger partial charge < -0.3 is 15.8 Å². The molecule has 0 bridgehead atoms. The van der Waals surface area contributed by atoms with Crippen molar-refractivity contribution in [2.75, 3.05) is 6.61 Å². The predicted molar refractivity (Wildman–Crippen MR) is 58.2 cm³/mol. The fourth-order valence-electron chi connectivity index (χ4n) is 1.21. The molecule has 0 saturated carbocycles. The third-order valence-electron chi connectivity index (χ3n) is 2.05. The van der Waals surface area contributed by atoms with Gasteiger partial charge in [-0.05, 0) is 18.6 Å². The van der Waals surface area contributed by atoms with Crippen molar-refractivity contribution in [3.63, 3.8) is 0 Å². The zero-order valence-corrected chi connectivity index (χ0v) is 9.13. The molecule has 0 aliphatic heterocycles. The van der Waals surface area contributed by atoms with Gasteiger partial charge in [0.2, 0.25) is 0 Å². The van der Waals surface area contributed by atoms with Crippen LogP contribution in [-0.4, -0.2) is 12.7 Å². The summed E-state index contributed by atoms with van der Waals surface area (Å²) < 4.78 is 18.1. The van der Waals surface area contributed by atoms with Gasteiger partial charge in [0, 0.05) is 18.7 Å². The minimum Gasteiger partial charge on any atom is -0.450 e. The van der Waals surface area contributed by atoms with Crippen molar-refractivity contribution in [1.29, 1.82) is 0 Å². The maximum absolute atomic E-state index is 13.4. The molecule has 0 aromatic heterocycles. The molecule has 0 atom stereocenters. The molecular formula is C11H15FN2O2. The molecule has 1 aromatic carbocycles. The first-order valence-electron chi connectivity index (χ1n) is 5.05. The minimum atomic E-state index is -0.551. The van der Waals surface area contributed by atoms with Gasteiger partial charge in [-0.25, -0.2) is 9.18 Å². The summed E-state index contributed by atoms with van der Waals surface area (Å²) in [5.41, 5.74) is 6.50. The van der Waals surface area contributed by atoms with E-state index >= 15 is 0 Å². The van der Waals surface area contributed by atoms with E-state index < -0.39 is 6.09 Å². The van der Waals surface area contributed by atoms with Crippen LogP contribution in [0.3, 0.4) is 0 Å². The van der Waals surface area contributed by atoms with Gasteiger partial charge in [0.25, 0.3) is 0 Å². The van der Waals surface area contributed by atoms with E-state index in [1.165, 1.54) is 6.07 Å². The molecule has 1 rings (SSSR count). The third kappa shape index (κ3) is 3.51. The molecule has 0 unspecified atom stereocenters. The van der Waals surface area contributed by atoms with E-state index in [-0.39, 0.29) is 12.4 Å². The fraction of sp³-hybridized carbons (Fsp3) is 0.364. The van der Waals surface area contributed by atoms with E-state index in [0.29, 0.717) is 18.7 Å². The Labute approximate surface area is 93.6 Å². The zero-order chi connectivity index (χ0) is 12.0. The number of halogens is 1. The molecule has 0 saturated heterocycles. The van der Waals surface area contributed by atoms with Crippen molar-refractivity contribution >= 4 is 6.09 Å². The van der Waals surface area contributed by atoms with Gasteiger partial charge in [-0.1, -0.05) is 12.1 Å². The largest absolute Gasteiger partial charge is 0.450 e. The van der Waals surface area contributed by atoms with E-state index in [9.17, 15) is 9.18 Å². The first-order chi connectivity index (χ1) is 7.67. The van der Waals surface area contributed by atoms with E-state index in [1.54, 1.807) is 19.1 Å². The molecule has 0 aliphatic carbocycles. The quantitative estimate of drug-likeness (QED) is 0.818. The van der Waals surface area contributed by atoms with E-state index in [2.05, 4.69) is 10.1 Å². The molecule has 88 valence electrons. The predicted octanol–water partition coefficient (Wildman–Crippen LogP) is 1.53. The molecule has 5 heteroatoms. The summed E-state index contributed by atoms with van der Waals surface area (Å²) in [6.07, 6.45) is -0.551. The van der Waals surface area contributed by atoms with Crippen LogP contribution in [0.25, 0.3) is 0 Å². The number of nitrogens with one attached hydrogen (secondary N) is 1. The Balaban J connectivity index is 2.57. The molecule has 0 heterocycles. The topological polar surface area (TPSA) is 64.3 Å². The van der Waals surface area contributed by atoms with Crippen LogP contribution in [0.15, 0.2) is 18.2 Å². The third-order valence-corrected chi connectivity index (χ3v) is 2.05. The number of amides is 1. The van der Waals surface area contributed by atoms with Gasteiger partial charge in [0.15, 0.2) is 0 Å². The Morgan fingerprint density at radius 1 is 1.56 bits per heavy atom. The number of nitrogens with two attached hydrogens (primary N) is 1. The van der Waals surface area contributed by atoms with Gasteiger partial charge >= 0.3 is 6.09 Å². The standard InChI is InChI=1S/C11H15FN2O2/c1-2-16-11(15)14-7-9-4-3-8(6-13)5-10(9)12/h3-5H,2,6-7,13H2,1H3,(H,14,15). The van der Waals surface area contributed by atoms with Gasteiger partial charge in [0.05, 0.1) is 6.61 Å². The molecule has 0 fully saturated rings. The maximum atomic E-state index is 13.4. The summed E-state index contributed by atoms with van der Waals surface area (Å²) in [6, 6.07) is 4.69. The highest BCUT2D eigenvalue weighted by atomic mass is 19.1. The fourth-order valence-corrected chi connectivity index (χ4v) is 1.21. The highest BCUT2D eigenvalue weighted by Crippen LogP contribution is 2.09. The lowest BCUT2D eigenvalue weighted by Crippen LogP contribution is -2.24. The highest BCUT2D eigenvalue weighted by Gasteiger charge is 2.05. The van der Waals surface area contributed by atoms with E-state index in [4.69, 9.17) is 5.73 Å². The lowest BCUT2D eigenvalue weighted by atomic mass is 10.1. The summed E-state index contributed by atoms with van der Waals surface area (Å²) in [7, 11) is 0. The van der Waals surface area contributed by atoms with Crippen LogP contribution in [0.2, 0.25) is 0 Å². The van der Waals surface area contributed by atoms with Crippen LogP contribution in [0.1, 0.15) is 18.1 Å². The monoisotopic (exact) mass is 226 g/mol. The number of hydrogen-bond acceptors (Lipinski definition) is 3. The number of hydrogen-bond donors (Lipinski definition) is 2. The van der Waals surface area contributed by atoms with Gasteiger partial charge in [-0.15, -0.1) is 0 Å². The Morgan fingerprint density at radius 3 is 2.88 bits per heavy atom. The maximum Gasteiger partial charge on any atom is 0.407 e. The summed E-state index contributed by atoms with van der Waals surface area (Å²) in [5, 5.41) is 2.45. The lowest BCUT2D eigenvalue weighted by Gasteiger charge is -2.07. The molecule has 1 aromatic rings. The molecule has 0 spiro atoms. The molecule has 3 N–H and O–H groups in total. The number of carbonyl (C=O) groups is 1. The Bertz CT molecular complexity index is 369. The number of ether oxygens (including phenoxy) is 1. The smallest absolute Gasteiger partial charge is 0.407 e. The minimum absolute atomic E-state index is 0.107. The normalized spacial score (nSPS) is 9.94. The van der Waals surface area contributed by atoms with Crippen molar-refractivity contribution in [3.8, 4) is 0 Å². The Morgan fingerprint density at radius 2 is 2.31 bits per heavy atom. The van der Waals surface area contributed by atoms with Gasteiger partial charge in [-0.3, -0.25) is 0 Å². The molecule has 0 radical (unpaired) electrons. The summed E-state index contributed by atoms with van der Waals surface area (Å²) in [5.74, 6) is -0.375. The first kappa shape index (κ1) is 12.4. The van der Waals surface area contributed by atoms with E-state index in [0.717, 1.165) is 5.56 Å². The van der Waals surface area contributed by atoms with E-state index in [1.807, 2.05) is 0 Å². The van der Waals surface area contributed by atoms with Crippen molar-refractivity contribution < 1.29 is 13.9 Å². The molecule has 16 heavy (non-hydrogen) atoms. The van der Waals surface area contributed by atoms with Crippen LogP contribution < -0.4 is 11.1 Å². The van der Waals surface area contributed by atoms with Crippen molar-refractivity contribution in [1.82, 2.24) is 5.32 Å². The summed E-state index contributed by atoms with van der Waals surface area (Å²) in [4.78, 5) is 11.0. The molecular weight excluding hydrogens is 211 g/mol. The van der Waals surface area contributed by atoms with Crippen LogP contribution in [0.5, 0.6) is 0 Å². The van der Waals surface area contributed by atoms with Crippen LogP contribution in [-0.2, 0) is 17.8 Å². The number of carbonyl (C=O) groups excluding carboxylic acids is 1. The number of rotatable bonds is 4. The van der Waals surface area contributed by atoms with Crippen molar-refractivity contribution in [3.05, 3.63) is 35.1 Å². The van der Waals surface area contributed by atoms with Gasteiger partial charge in [-0.2, -0.15) is 0 Å². The van der Waals surface area contributed by atoms with Gasteiger partial charge in [0.1, 0.15) is 5.82 Å². The Hall–Kier alpha value is -1.62. The molecule has 0 aliphatic rings.